The molecule has 0 bridgehead atoms. The molecule has 0 amide bonds. The smallest absolute Gasteiger partial charge is 0.261 e. The number of rotatable bonds is 2. The zero-order chi connectivity index (χ0) is 13.3. The van der Waals surface area contributed by atoms with E-state index in [0.29, 0.717) is 17.3 Å². The molecule has 0 unspecified atom stereocenters. The van der Waals surface area contributed by atoms with Crippen LogP contribution in [0.1, 0.15) is 38.4 Å². The molecule has 3 rings (SSSR count). The Labute approximate surface area is 111 Å². The van der Waals surface area contributed by atoms with Crippen molar-refractivity contribution in [3.8, 4) is 11.5 Å². The van der Waals surface area contributed by atoms with Crippen molar-refractivity contribution in [3.05, 3.63) is 24.5 Å². The highest BCUT2D eigenvalue weighted by molar-refractivity contribution is 5.48. The molecular formula is C13H17N5O. The van der Waals surface area contributed by atoms with Gasteiger partial charge in [0.05, 0.1) is 11.1 Å². The first-order valence-electron chi connectivity index (χ1n) is 6.56. The van der Waals surface area contributed by atoms with Crippen molar-refractivity contribution >= 4 is 0 Å². The maximum absolute atomic E-state index is 6.42. The van der Waals surface area contributed by atoms with Crippen LogP contribution in [-0.4, -0.2) is 20.1 Å². The predicted octanol–water partition coefficient (Wildman–Crippen LogP) is 1.89. The van der Waals surface area contributed by atoms with Crippen molar-refractivity contribution in [1.82, 2.24) is 20.1 Å². The van der Waals surface area contributed by atoms with E-state index in [9.17, 15) is 0 Å². The topological polar surface area (TPSA) is 90.7 Å². The number of nitrogens with two attached hydrogens (primary N) is 1. The van der Waals surface area contributed by atoms with Gasteiger partial charge in [0.2, 0.25) is 0 Å². The van der Waals surface area contributed by atoms with E-state index in [-0.39, 0.29) is 0 Å². The van der Waals surface area contributed by atoms with E-state index in [2.05, 4.69) is 27.0 Å². The van der Waals surface area contributed by atoms with Crippen LogP contribution in [0.2, 0.25) is 0 Å². The summed E-state index contributed by atoms with van der Waals surface area (Å²) in [7, 11) is 0. The van der Waals surface area contributed by atoms with Gasteiger partial charge in [-0.3, -0.25) is 0 Å². The minimum absolute atomic E-state index is 0.430. The van der Waals surface area contributed by atoms with Gasteiger partial charge < -0.3 is 10.3 Å². The quantitative estimate of drug-likeness (QED) is 0.885. The van der Waals surface area contributed by atoms with Crippen molar-refractivity contribution in [2.24, 2.45) is 11.7 Å². The molecule has 0 radical (unpaired) electrons. The van der Waals surface area contributed by atoms with Crippen LogP contribution in [0, 0.1) is 5.92 Å². The first-order valence-corrected chi connectivity index (χ1v) is 6.56. The summed E-state index contributed by atoms with van der Waals surface area (Å²) in [6.07, 6.45) is 8.78. The molecule has 19 heavy (non-hydrogen) atoms. The summed E-state index contributed by atoms with van der Waals surface area (Å²) in [6, 6.07) is 0. The highest BCUT2D eigenvalue weighted by Crippen LogP contribution is 2.36. The third kappa shape index (κ3) is 2.35. The molecule has 0 spiro atoms. The summed E-state index contributed by atoms with van der Waals surface area (Å²) < 4.78 is 5.27. The van der Waals surface area contributed by atoms with Gasteiger partial charge in [-0.15, -0.1) is 0 Å². The van der Waals surface area contributed by atoms with Crippen molar-refractivity contribution < 1.29 is 4.52 Å². The van der Waals surface area contributed by atoms with Gasteiger partial charge in [0.25, 0.3) is 5.89 Å². The van der Waals surface area contributed by atoms with E-state index in [1.165, 1.54) is 6.33 Å². The largest absolute Gasteiger partial charge is 0.334 e. The number of aromatic nitrogens is 4. The molecular weight excluding hydrogens is 242 g/mol. The summed E-state index contributed by atoms with van der Waals surface area (Å²) in [5, 5.41) is 4.05. The molecule has 2 N–H and O–H groups in total. The van der Waals surface area contributed by atoms with E-state index >= 15 is 0 Å². The lowest BCUT2D eigenvalue weighted by Gasteiger charge is -2.33. The highest BCUT2D eigenvalue weighted by Gasteiger charge is 2.36. The molecule has 1 aliphatic rings. The lowest BCUT2D eigenvalue weighted by Crippen LogP contribution is -2.41. The maximum Gasteiger partial charge on any atom is 0.261 e. The summed E-state index contributed by atoms with van der Waals surface area (Å²) in [6.45, 7) is 2.25. The van der Waals surface area contributed by atoms with Gasteiger partial charge in [-0.1, -0.05) is 12.1 Å². The minimum Gasteiger partial charge on any atom is -0.334 e. The van der Waals surface area contributed by atoms with Crippen LogP contribution < -0.4 is 5.73 Å². The lowest BCUT2D eigenvalue weighted by atomic mass is 9.77. The summed E-state index contributed by atoms with van der Waals surface area (Å²) in [4.78, 5) is 12.3. The van der Waals surface area contributed by atoms with E-state index in [1.807, 2.05) is 0 Å². The summed E-state index contributed by atoms with van der Waals surface area (Å²) in [5.74, 6) is 1.75. The Morgan fingerprint density at radius 3 is 2.63 bits per heavy atom. The molecule has 6 nitrogen and oxygen atoms in total. The average Bonchev–Trinajstić information content (AvgIpc) is 2.94. The minimum atomic E-state index is -0.454. The molecule has 1 aliphatic carbocycles. The Bertz CT molecular complexity index is 545. The van der Waals surface area contributed by atoms with Gasteiger partial charge in [-0.2, -0.15) is 4.98 Å². The third-order valence-electron chi connectivity index (χ3n) is 3.85. The monoisotopic (exact) mass is 259 g/mol. The molecule has 0 aliphatic heterocycles. The average molecular weight is 259 g/mol. The molecule has 2 aromatic rings. The van der Waals surface area contributed by atoms with Crippen LogP contribution in [0.3, 0.4) is 0 Å². The van der Waals surface area contributed by atoms with Crippen LogP contribution in [-0.2, 0) is 5.54 Å². The van der Waals surface area contributed by atoms with Gasteiger partial charge in [-0.25, -0.2) is 9.97 Å². The molecule has 0 aromatic carbocycles. The Morgan fingerprint density at radius 2 is 1.95 bits per heavy atom. The van der Waals surface area contributed by atoms with E-state index < -0.39 is 5.54 Å². The maximum atomic E-state index is 6.42. The number of nitrogens with zero attached hydrogens (tertiary/aromatic N) is 4. The molecule has 1 saturated carbocycles. The second-order valence-electron chi connectivity index (χ2n) is 5.39. The van der Waals surface area contributed by atoms with Crippen LogP contribution in [0.25, 0.3) is 11.5 Å². The Hall–Kier alpha value is -1.82. The molecule has 0 atom stereocenters. The first kappa shape index (κ1) is 12.2. The van der Waals surface area contributed by atoms with Crippen molar-refractivity contribution in [3.63, 3.8) is 0 Å². The zero-order valence-corrected chi connectivity index (χ0v) is 10.9. The SMILES string of the molecule is CC1CCC(N)(c2noc(-c3cncnc3)n2)CC1. The normalized spacial score (nSPS) is 27.4. The summed E-state index contributed by atoms with van der Waals surface area (Å²) >= 11 is 0. The molecule has 1 fully saturated rings. The van der Waals surface area contributed by atoms with Crippen molar-refractivity contribution in [2.75, 3.05) is 0 Å². The molecule has 0 saturated heterocycles. The van der Waals surface area contributed by atoms with Crippen LogP contribution in [0.4, 0.5) is 0 Å². The fraction of sp³-hybridized carbons (Fsp3) is 0.538. The van der Waals surface area contributed by atoms with E-state index in [4.69, 9.17) is 10.3 Å². The standard InChI is InChI=1S/C13H17N5O/c1-9-2-4-13(14,5-3-9)12-17-11(19-18-12)10-6-15-8-16-7-10/h6-9H,2-5,14H2,1H3. The van der Waals surface area contributed by atoms with Gasteiger partial charge in [-0.05, 0) is 31.6 Å². The van der Waals surface area contributed by atoms with Crippen LogP contribution in [0.5, 0.6) is 0 Å². The van der Waals surface area contributed by atoms with Gasteiger partial charge >= 0.3 is 0 Å². The lowest BCUT2D eigenvalue weighted by molar-refractivity contribution is 0.230. The van der Waals surface area contributed by atoms with Crippen LogP contribution in [0.15, 0.2) is 23.2 Å². The highest BCUT2D eigenvalue weighted by atomic mass is 16.5. The van der Waals surface area contributed by atoms with Crippen molar-refractivity contribution in [1.29, 1.82) is 0 Å². The first-order chi connectivity index (χ1) is 9.17. The molecule has 2 heterocycles. The molecule has 6 heteroatoms. The fourth-order valence-corrected chi connectivity index (χ4v) is 2.45. The predicted molar refractivity (Wildman–Crippen MR) is 68.8 cm³/mol. The van der Waals surface area contributed by atoms with Crippen molar-refractivity contribution in [2.45, 2.75) is 38.1 Å². The van der Waals surface area contributed by atoms with E-state index in [1.54, 1.807) is 12.4 Å². The summed E-state index contributed by atoms with van der Waals surface area (Å²) in [5.41, 5.74) is 6.68. The van der Waals surface area contributed by atoms with Gasteiger partial charge in [0.15, 0.2) is 5.82 Å². The zero-order valence-electron chi connectivity index (χ0n) is 10.9. The Balaban J connectivity index is 1.85. The fourth-order valence-electron chi connectivity index (χ4n) is 2.45. The number of hydrogen-bond donors (Lipinski definition) is 1. The van der Waals surface area contributed by atoms with E-state index in [0.717, 1.165) is 31.6 Å². The second kappa shape index (κ2) is 4.70. The molecule has 2 aromatic heterocycles. The number of hydrogen-bond acceptors (Lipinski definition) is 6. The molecule has 100 valence electrons. The van der Waals surface area contributed by atoms with Gasteiger partial charge in [0.1, 0.15) is 6.33 Å². The van der Waals surface area contributed by atoms with Crippen LogP contribution >= 0.6 is 0 Å². The second-order valence-corrected chi connectivity index (χ2v) is 5.39. The third-order valence-corrected chi connectivity index (χ3v) is 3.85. The van der Waals surface area contributed by atoms with Gasteiger partial charge in [0, 0.05) is 12.4 Å². The Kier molecular flexibility index (Phi) is 3.02. The Morgan fingerprint density at radius 1 is 1.26 bits per heavy atom.